The molecule has 0 aliphatic carbocycles. The Morgan fingerprint density at radius 2 is 2.27 bits per heavy atom. The Morgan fingerprint density at radius 3 is 2.95 bits per heavy atom. The highest BCUT2D eigenvalue weighted by Crippen LogP contribution is 2.34. The number of hydrogen-bond acceptors (Lipinski definition) is 4. The lowest BCUT2D eigenvalue weighted by molar-refractivity contribution is -0.137. The number of ether oxygens (including phenoxy) is 2. The number of hydrogen-bond donors (Lipinski definition) is 1. The zero-order chi connectivity index (χ0) is 15.9. The maximum absolute atomic E-state index is 10.7. The average Bonchev–Trinajstić information content (AvgIpc) is 2.48. The van der Waals surface area contributed by atoms with E-state index in [1.54, 1.807) is 7.11 Å². The highest BCUT2D eigenvalue weighted by Gasteiger charge is 2.21. The van der Waals surface area contributed by atoms with Gasteiger partial charge in [-0.2, -0.15) is 0 Å². The predicted octanol–water partition coefficient (Wildman–Crippen LogP) is 2.58. The molecule has 5 heteroatoms. The quantitative estimate of drug-likeness (QED) is 0.839. The Hall–Kier alpha value is -1.75. The van der Waals surface area contributed by atoms with Crippen LogP contribution in [0.25, 0.3) is 0 Å². The fourth-order valence-corrected chi connectivity index (χ4v) is 2.86. The van der Waals surface area contributed by atoms with Crippen LogP contribution in [0.4, 0.5) is 0 Å². The lowest BCUT2D eigenvalue weighted by Gasteiger charge is -2.31. The van der Waals surface area contributed by atoms with Gasteiger partial charge in [0.25, 0.3) is 0 Å². The van der Waals surface area contributed by atoms with Crippen LogP contribution >= 0.6 is 0 Å². The number of methoxy groups -OCH3 is 1. The van der Waals surface area contributed by atoms with Crippen LogP contribution < -0.4 is 9.47 Å². The fraction of sp³-hybridized carbons (Fsp3) is 0.588. The van der Waals surface area contributed by atoms with Crippen LogP contribution in [0.5, 0.6) is 11.5 Å². The first-order valence-electron chi connectivity index (χ1n) is 7.83. The molecular formula is C17H25NO4. The molecule has 1 unspecified atom stereocenters. The van der Waals surface area contributed by atoms with Gasteiger partial charge in [0.2, 0.25) is 0 Å². The third-order valence-electron chi connectivity index (χ3n) is 3.98. The van der Waals surface area contributed by atoms with E-state index in [0.29, 0.717) is 12.8 Å². The highest BCUT2D eigenvalue weighted by molar-refractivity contribution is 5.66. The minimum atomic E-state index is -0.765. The number of likely N-dealkylation sites (N-methyl/N-ethyl adjacent to an activating group) is 1. The lowest BCUT2D eigenvalue weighted by atomic mass is 10.1. The third-order valence-corrected chi connectivity index (χ3v) is 3.98. The van der Waals surface area contributed by atoms with Crippen LogP contribution in [0, 0.1) is 0 Å². The van der Waals surface area contributed by atoms with E-state index >= 15 is 0 Å². The number of benzene rings is 1. The summed E-state index contributed by atoms with van der Waals surface area (Å²) < 4.78 is 11.6. The van der Waals surface area contributed by atoms with Gasteiger partial charge in [-0.15, -0.1) is 0 Å². The number of carboxylic acid groups (broad SMARTS) is 1. The van der Waals surface area contributed by atoms with E-state index in [1.807, 2.05) is 18.2 Å². The molecule has 0 aromatic heterocycles. The molecule has 5 nitrogen and oxygen atoms in total. The van der Waals surface area contributed by atoms with E-state index < -0.39 is 5.97 Å². The summed E-state index contributed by atoms with van der Waals surface area (Å²) in [5, 5.41) is 8.79. The molecule has 0 spiro atoms. The second-order valence-electron chi connectivity index (χ2n) is 5.84. The summed E-state index contributed by atoms with van der Waals surface area (Å²) in [4.78, 5) is 13.0. The second-order valence-corrected chi connectivity index (χ2v) is 5.84. The molecule has 22 heavy (non-hydrogen) atoms. The van der Waals surface area contributed by atoms with E-state index in [2.05, 4.69) is 11.9 Å². The summed E-state index contributed by atoms with van der Waals surface area (Å²) >= 11 is 0. The summed E-state index contributed by atoms with van der Waals surface area (Å²) in [5.41, 5.74) is 1.02. The number of piperidine rings is 1. The molecule has 0 bridgehead atoms. The van der Waals surface area contributed by atoms with Crippen molar-refractivity contribution in [1.29, 1.82) is 0 Å². The monoisotopic (exact) mass is 307 g/mol. The smallest absolute Gasteiger partial charge is 0.303 e. The molecule has 1 aliphatic heterocycles. The van der Waals surface area contributed by atoms with Gasteiger partial charge in [0.05, 0.1) is 7.11 Å². The van der Waals surface area contributed by atoms with Crippen LogP contribution in [0.2, 0.25) is 0 Å². The van der Waals surface area contributed by atoms with Crippen LogP contribution in [-0.2, 0) is 11.2 Å². The third kappa shape index (κ3) is 4.63. The molecule has 2 rings (SSSR count). The maximum Gasteiger partial charge on any atom is 0.303 e. The molecule has 0 amide bonds. The fourth-order valence-electron chi connectivity index (χ4n) is 2.86. The lowest BCUT2D eigenvalue weighted by Crippen LogP contribution is -2.38. The average molecular weight is 307 g/mol. The van der Waals surface area contributed by atoms with Gasteiger partial charge in [-0.05, 0) is 50.9 Å². The van der Waals surface area contributed by atoms with Gasteiger partial charge in [0.15, 0.2) is 11.5 Å². The highest BCUT2D eigenvalue weighted by atomic mass is 16.5. The van der Waals surface area contributed by atoms with Crippen molar-refractivity contribution in [2.75, 3.05) is 27.2 Å². The first-order chi connectivity index (χ1) is 10.6. The molecule has 1 aliphatic rings. The van der Waals surface area contributed by atoms with Crippen molar-refractivity contribution in [1.82, 2.24) is 4.90 Å². The summed E-state index contributed by atoms with van der Waals surface area (Å²) in [6.45, 7) is 2.02. The topological polar surface area (TPSA) is 59.0 Å². The Bertz CT molecular complexity index is 503. The molecule has 1 fully saturated rings. The number of aryl methyl sites for hydroxylation is 1. The van der Waals surface area contributed by atoms with Gasteiger partial charge < -0.3 is 19.5 Å². The summed E-state index contributed by atoms with van der Waals surface area (Å²) in [5.74, 6) is 0.732. The number of para-hydroxylation sites is 1. The molecule has 1 heterocycles. The molecule has 1 aromatic carbocycles. The molecule has 0 saturated carbocycles. The zero-order valence-electron chi connectivity index (χ0n) is 13.4. The van der Waals surface area contributed by atoms with E-state index in [9.17, 15) is 4.79 Å². The Kier molecular flexibility index (Phi) is 6.07. The van der Waals surface area contributed by atoms with Crippen LogP contribution in [0.1, 0.15) is 31.2 Å². The van der Waals surface area contributed by atoms with Crippen molar-refractivity contribution in [3.63, 3.8) is 0 Å². The molecule has 1 aromatic rings. The normalized spacial score (nSPS) is 18.9. The van der Waals surface area contributed by atoms with Crippen molar-refractivity contribution in [2.24, 2.45) is 0 Å². The van der Waals surface area contributed by atoms with Gasteiger partial charge >= 0.3 is 5.97 Å². The van der Waals surface area contributed by atoms with Gasteiger partial charge in [0.1, 0.15) is 6.10 Å². The minimum absolute atomic E-state index is 0.160. The number of rotatable bonds is 7. The standard InChI is InChI=1S/C17H25NO4/c1-18-11-5-8-14(12-18)22-17-13(7-4-10-16(19)20)6-3-9-15(17)21-2/h3,6,9,14H,4-5,7-8,10-12H2,1-2H3,(H,19,20). The predicted molar refractivity (Wildman–Crippen MR) is 84.7 cm³/mol. The summed E-state index contributed by atoms with van der Waals surface area (Å²) in [7, 11) is 3.74. The summed E-state index contributed by atoms with van der Waals surface area (Å²) in [6.07, 6.45) is 3.78. The maximum atomic E-state index is 10.7. The van der Waals surface area contributed by atoms with Crippen molar-refractivity contribution < 1.29 is 19.4 Å². The second kappa shape index (κ2) is 8.03. The number of likely N-dealkylation sites (tertiary alicyclic amines) is 1. The number of carbonyl (C=O) groups is 1. The minimum Gasteiger partial charge on any atom is -0.493 e. The van der Waals surface area contributed by atoms with Crippen molar-refractivity contribution in [3.05, 3.63) is 23.8 Å². The van der Waals surface area contributed by atoms with Gasteiger partial charge in [0, 0.05) is 13.0 Å². The summed E-state index contributed by atoms with van der Waals surface area (Å²) in [6, 6.07) is 5.81. The zero-order valence-corrected chi connectivity index (χ0v) is 13.4. The Balaban J connectivity index is 2.10. The van der Waals surface area contributed by atoms with Crippen LogP contribution in [0.3, 0.4) is 0 Å². The molecular weight excluding hydrogens is 282 g/mol. The van der Waals surface area contributed by atoms with E-state index in [1.165, 1.54) is 0 Å². The molecule has 1 atom stereocenters. The Labute approximate surface area is 131 Å². The van der Waals surface area contributed by atoms with Gasteiger partial charge in [-0.3, -0.25) is 4.79 Å². The van der Waals surface area contributed by atoms with Crippen molar-refractivity contribution in [2.45, 2.75) is 38.2 Å². The van der Waals surface area contributed by atoms with Gasteiger partial charge in [-0.1, -0.05) is 12.1 Å². The van der Waals surface area contributed by atoms with Crippen molar-refractivity contribution >= 4 is 5.97 Å². The molecule has 122 valence electrons. The van der Waals surface area contributed by atoms with Gasteiger partial charge in [-0.25, -0.2) is 0 Å². The molecule has 1 saturated heterocycles. The first-order valence-corrected chi connectivity index (χ1v) is 7.83. The number of nitrogens with zero attached hydrogens (tertiary/aromatic N) is 1. The van der Waals surface area contributed by atoms with Crippen LogP contribution in [0.15, 0.2) is 18.2 Å². The first kappa shape index (κ1) is 16.6. The SMILES string of the molecule is COc1cccc(CCCC(=O)O)c1OC1CCCN(C)C1. The van der Waals surface area contributed by atoms with Crippen molar-refractivity contribution in [3.8, 4) is 11.5 Å². The van der Waals surface area contributed by atoms with E-state index in [-0.39, 0.29) is 12.5 Å². The van der Waals surface area contributed by atoms with E-state index in [0.717, 1.165) is 43.0 Å². The largest absolute Gasteiger partial charge is 0.493 e. The molecule has 1 N–H and O–H groups in total. The van der Waals surface area contributed by atoms with Crippen LogP contribution in [-0.4, -0.2) is 49.3 Å². The Morgan fingerprint density at radius 1 is 1.45 bits per heavy atom. The number of carboxylic acids is 1. The molecule has 0 radical (unpaired) electrons. The van der Waals surface area contributed by atoms with E-state index in [4.69, 9.17) is 14.6 Å². The number of aliphatic carboxylic acids is 1.